The Kier molecular flexibility index (Phi) is 6.86. The summed E-state index contributed by atoms with van der Waals surface area (Å²) in [6.07, 6.45) is 2.70. The minimum absolute atomic E-state index is 0.00661. The van der Waals surface area contributed by atoms with Crippen LogP contribution in [0.25, 0.3) is 0 Å². The maximum absolute atomic E-state index is 13.0. The minimum Gasteiger partial charge on any atom is -0.360 e. The lowest BCUT2D eigenvalue weighted by molar-refractivity contribution is -0.139. The van der Waals surface area contributed by atoms with Crippen LogP contribution in [-0.2, 0) is 19.6 Å². The third kappa shape index (κ3) is 4.69. The van der Waals surface area contributed by atoms with E-state index in [0.717, 1.165) is 12.8 Å². The monoisotopic (exact) mass is 440 g/mol. The lowest BCUT2D eigenvalue weighted by atomic mass is 9.94. The summed E-state index contributed by atoms with van der Waals surface area (Å²) in [5, 5.41) is 6.77. The molecule has 0 aliphatic carbocycles. The summed E-state index contributed by atoms with van der Waals surface area (Å²) >= 11 is 0. The molecule has 0 bridgehead atoms. The minimum atomic E-state index is -3.68. The van der Waals surface area contributed by atoms with Gasteiger partial charge in [0, 0.05) is 44.1 Å². The number of nitrogens with zero attached hydrogens (tertiary/aromatic N) is 3. The van der Waals surface area contributed by atoms with Crippen molar-refractivity contribution in [3.63, 3.8) is 0 Å². The van der Waals surface area contributed by atoms with E-state index < -0.39 is 10.0 Å². The van der Waals surface area contributed by atoms with Crippen LogP contribution in [-0.4, -0.2) is 66.8 Å². The molecule has 168 valence electrons. The number of aromatic nitrogens is 1. The summed E-state index contributed by atoms with van der Waals surface area (Å²) in [4.78, 5) is 27.0. The molecular formula is C20H32N4O5S. The number of piperidine rings is 2. The van der Waals surface area contributed by atoms with Gasteiger partial charge in [-0.1, -0.05) is 19.0 Å². The lowest BCUT2D eigenvalue weighted by Crippen LogP contribution is -2.52. The van der Waals surface area contributed by atoms with Crippen LogP contribution in [0.2, 0.25) is 0 Å². The zero-order valence-corrected chi connectivity index (χ0v) is 19.0. The number of hydrogen-bond acceptors (Lipinski definition) is 6. The van der Waals surface area contributed by atoms with Gasteiger partial charge in [0.1, 0.15) is 10.6 Å². The Balaban J connectivity index is 1.58. The van der Waals surface area contributed by atoms with Gasteiger partial charge in [-0.3, -0.25) is 9.59 Å². The van der Waals surface area contributed by atoms with Crippen molar-refractivity contribution in [3.8, 4) is 0 Å². The second-order valence-corrected chi connectivity index (χ2v) is 10.5. The van der Waals surface area contributed by atoms with Crippen LogP contribution >= 0.6 is 0 Å². The molecule has 1 unspecified atom stereocenters. The van der Waals surface area contributed by atoms with Crippen LogP contribution in [0.1, 0.15) is 51.0 Å². The molecule has 10 heteroatoms. The van der Waals surface area contributed by atoms with Crippen molar-refractivity contribution in [2.75, 3.05) is 26.2 Å². The molecular weight excluding hydrogens is 408 g/mol. The average molecular weight is 441 g/mol. The van der Waals surface area contributed by atoms with Crippen LogP contribution in [0.3, 0.4) is 0 Å². The Morgan fingerprint density at radius 1 is 1.13 bits per heavy atom. The normalized spacial score (nSPS) is 21.8. The molecule has 3 rings (SSSR count). The van der Waals surface area contributed by atoms with Gasteiger partial charge in [-0.05, 0) is 39.5 Å². The predicted molar refractivity (Wildman–Crippen MR) is 110 cm³/mol. The largest absolute Gasteiger partial charge is 0.360 e. The van der Waals surface area contributed by atoms with E-state index in [1.807, 2.05) is 18.7 Å². The molecule has 2 fully saturated rings. The molecule has 0 saturated carbocycles. The molecule has 1 aromatic heterocycles. The maximum Gasteiger partial charge on any atom is 0.248 e. The molecule has 30 heavy (non-hydrogen) atoms. The first-order valence-corrected chi connectivity index (χ1v) is 12.1. The third-order valence-electron chi connectivity index (χ3n) is 5.97. The second kappa shape index (κ2) is 9.05. The highest BCUT2D eigenvalue weighted by atomic mass is 32.2. The highest BCUT2D eigenvalue weighted by Crippen LogP contribution is 2.29. The Bertz CT molecular complexity index is 868. The smallest absolute Gasteiger partial charge is 0.248 e. The lowest BCUT2D eigenvalue weighted by Gasteiger charge is -2.37. The fraction of sp³-hybridized carbons (Fsp3) is 0.750. The number of amides is 2. The number of aryl methyl sites for hydroxylation is 2. The van der Waals surface area contributed by atoms with Gasteiger partial charge < -0.3 is 14.7 Å². The summed E-state index contributed by atoms with van der Waals surface area (Å²) in [6, 6.07) is -0.0161. The molecule has 0 radical (unpaired) electrons. The fourth-order valence-corrected chi connectivity index (χ4v) is 6.00. The summed E-state index contributed by atoms with van der Waals surface area (Å²) in [7, 11) is -3.68. The van der Waals surface area contributed by atoms with E-state index in [2.05, 4.69) is 10.5 Å². The number of hydrogen-bond donors (Lipinski definition) is 1. The number of nitrogens with one attached hydrogen (secondary N) is 1. The molecule has 3 heterocycles. The molecule has 1 aromatic rings. The van der Waals surface area contributed by atoms with Crippen LogP contribution in [0, 0.1) is 25.7 Å². The first-order valence-electron chi connectivity index (χ1n) is 10.6. The Labute approximate surface area is 178 Å². The van der Waals surface area contributed by atoms with Crippen LogP contribution in [0.5, 0.6) is 0 Å². The van der Waals surface area contributed by atoms with Gasteiger partial charge in [0.05, 0.1) is 0 Å². The first-order chi connectivity index (χ1) is 14.1. The number of carbonyl (C=O) groups excluding carboxylic acids is 2. The molecule has 0 aromatic carbocycles. The van der Waals surface area contributed by atoms with Crippen molar-refractivity contribution in [2.45, 2.75) is 64.3 Å². The predicted octanol–water partition coefficient (Wildman–Crippen LogP) is 1.46. The van der Waals surface area contributed by atoms with E-state index in [1.54, 1.807) is 13.8 Å². The van der Waals surface area contributed by atoms with Gasteiger partial charge in [-0.15, -0.1) is 0 Å². The van der Waals surface area contributed by atoms with E-state index in [-0.39, 0.29) is 40.3 Å². The van der Waals surface area contributed by atoms with Crippen molar-refractivity contribution in [3.05, 3.63) is 11.5 Å². The van der Waals surface area contributed by atoms with E-state index in [4.69, 9.17) is 4.52 Å². The molecule has 0 spiro atoms. The second-order valence-electron chi connectivity index (χ2n) is 8.62. The number of likely N-dealkylation sites (tertiary alicyclic amines) is 1. The summed E-state index contributed by atoms with van der Waals surface area (Å²) in [6.45, 7) is 8.71. The zero-order chi connectivity index (χ0) is 22.1. The van der Waals surface area contributed by atoms with Gasteiger partial charge in [0.2, 0.25) is 21.8 Å². The van der Waals surface area contributed by atoms with Gasteiger partial charge in [0.15, 0.2) is 5.76 Å². The van der Waals surface area contributed by atoms with Crippen LogP contribution in [0.4, 0.5) is 0 Å². The van der Waals surface area contributed by atoms with E-state index in [0.29, 0.717) is 44.7 Å². The first kappa shape index (κ1) is 22.7. The molecule has 2 amide bonds. The number of carbonyl (C=O) groups is 2. The van der Waals surface area contributed by atoms with Crippen LogP contribution < -0.4 is 5.32 Å². The number of rotatable bonds is 5. The van der Waals surface area contributed by atoms with Gasteiger partial charge in [-0.25, -0.2) is 8.42 Å². The topological polar surface area (TPSA) is 113 Å². The Morgan fingerprint density at radius 2 is 1.80 bits per heavy atom. The highest BCUT2D eigenvalue weighted by molar-refractivity contribution is 7.89. The van der Waals surface area contributed by atoms with Crippen molar-refractivity contribution in [1.82, 2.24) is 19.7 Å². The average Bonchev–Trinajstić information content (AvgIpc) is 3.06. The summed E-state index contributed by atoms with van der Waals surface area (Å²) < 4.78 is 32.4. The van der Waals surface area contributed by atoms with Crippen molar-refractivity contribution in [1.29, 1.82) is 0 Å². The van der Waals surface area contributed by atoms with E-state index in [1.165, 1.54) is 4.31 Å². The van der Waals surface area contributed by atoms with Crippen molar-refractivity contribution < 1.29 is 22.5 Å². The summed E-state index contributed by atoms with van der Waals surface area (Å²) in [5.41, 5.74) is 0.355. The SMILES string of the molecule is Cc1noc(C)c1S(=O)(=O)N1CCC(C(=O)N2CCCC(NC(=O)C(C)C)C2)CC1. The third-order valence-corrected chi connectivity index (χ3v) is 8.12. The van der Waals surface area contributed by atoms with Crippen molar-refractivity contribution in [2.24, 2.45) is 11.8 Å². The molecule has 9 nitrogen and oxygen atoms in total. The van der Waals surface area contributed by atoms with E-state index in [9.17, 15) is 18.0 Å². The van der Waals surface area contributed by atoms with E-state index >= 15 is 0 Å². The van der Waals surface area contributed by atoms with Crippen molar-refractivity contribution >= 4 is 21.8 Å². The molecule has 1 N–H and O–H groups in total. The van der Waals surface area contributed by atoms with Gasteiger partial charge >= 0.3 is 0 Å². The fourth-order valence-electron chi connectivity index (χ4n) is 4.24. The molecule has 2 aliphatic heterocycles. The zero-order valence-electron chi connectivity index (χ0n) is 18.2. The standard InChI is InChI=1S/C20H32N4O5S/c1-13(2)19(25)21-17-6-5-9-23(12-17)20(26)16-7-10-24(11-8-16)30(27,28)18-14(3)22-29-15(18)4/h13,16-17H,5-12H2,1-4H3,(H,21,25). The molecule has 1 atom stereocenters. The van der Waals surface area contributed by atoms with Gasteiger partial charge in [-0.2, -0.15) is 4.31 Å². The quantitative estimate of drug-likeness (QED) is 0.742. The molecule has 2 aliphatic rings. The summed E-state index contributed by atoms with van der Waals surface area (Å²) in [5.74, 6) is 0.0780. The Hall–Kier alpha value is -1.94. The molecule has 2 saturated heterocycles. The number of sulfonamides is 1. The Morgan fingerprint density at radius 3 is 2.37 bits per heavy atom. The maximum atomic E-state index is 13.0. The van der Waals surface area contributed by atoms with Gasteiger partial charge in [0.25, 0.3) is 0 Å². The highest BCUT2D eigenvalue weighted by Gasteiger charge is 2.37. The van der Waals surface area contributed by atoms with Crippen LogP contribution in [0.15, 0.2) is 9.42 Å².